The molecule has 0 spiro atoms. The first kappa shape index (κ1) is 28.9. The molecule has 0 amide bonds. The fourth-order valence-corrected chi connectivity index (χ4v) is 4.16. The summed E-state index contributed by atoms with van der Waals surface area (Å²) in [6, 6.07) is 34.6. The summed E-state index contributed by atoms with van der Waals surface area (Å²) in [5, 5.41) is 0. The average Bonchev–Trinajstić information content (AvgIpc) is 3.52. The molecule has 0 aromatic heterocycles. The highest BCUT2D eigenvalue weighted by Gasteiger charge is 2.16. The average molecular weight is 453 g/mol. The summed E-state index contributed by atoms with van der Waals surface area (Å²) < 4.78 is 0. The molecule has 0 atom stereocenters. The van der Waals surface area contributed by atoms with E-state index in [9.17, 15) is 0 Å². The monoisotopic (exact) mass is 452 g/mol. The van der Waals surface area contributed by atoms with Crippen LogP contribution in [0, 0.1) is 0 Å². The summed E-state index contributed by atoms with van der Waals surface area (Å²) in [5.41, 5.74) is 11.5. The van der Waals surface area contributed by atoms with Crippen LogP contribution in [0.25, 0.3) is 22.3 Å². The molecule has 0 heteroatoms. The molecule has 4 aromatic carbocycles. The Hall–Kier alpha value is -3.12. The van der Waals surface area contributed by atoms with Gasteiger partial charge in [0, 0.05) is 0 Å². The quantitative estimate of drug-likeness (QED) is 0.215. The zero-order chi connectivity index (χ0) is 25.3. The lowest BCUT2D eigenvalue weighted by Crippen LogP contribution is -1.77. The molecule has 34 heavy (non-hydrogen) atoms. The van der Waals surface area contributed by atoms with Crippen molar-refractivity contribution in [1.29, 1.82) is 0 Å². The minimum Gasteiger partial charge on any atom is -0.0683 e. The Labute approximate surface area is 209 Å². The van der Waals surface area contributed by atoms with Gasteiger partial charge >= 0.3 is 0 Å². The molecular formula is C34H44. The van der Waals surface area contributed by atoms with Gasteiger partial charge in [-0.25, -0.2) is 0 Å². The summed E-state index contributed by atoms with van der Waals surface area (Å²) >= 11 is 0. The van der Waals surface area contributed by atoms with Gasteiger partial charge in [-0.3, -0.25) is 0 Å². The van der Waals surface area contributed by atoms with Crippen LogP contribution in [0.3, 0.4) is 0 Å². The highest BCUT2D eigenvalue weighted by Crippen LogP contribution is 2.36. The SMILES string of the molecule is CC.CC.CC.CC.c1ccc2c(c1)Cc1ccccc1-2.c1ccc2c(c1)Cc1ccccc1-2. The lowest BCUT2D eigenvalue weighted by Gasteiger charge is -1.98. The van der Waals surface area contributed by atoms with E-state index in [4.69, 9.17) is 0 Å². The van der Waals surface area contributed by atoms with E-state index in [0.717, 1.165) is 12.8 Å². The third-order valence-corrected chi connectivity index (χ3v) is 5.41. The van der Waals surface area contributed by atoms with Crippen LogP contribution in [-0.2, 0) is 12.8 Å². The van der Waals surface area contributed by atoms with Gasteiger partial charge in [-0.1, -0.05) is 152 Å². The Kier molecular flexibility index (Phi) is 14.0. The van der Waals surface area contributed by atoms with Crippen LogP contribution in [0.4, 0.5) is 0 Å². The lowest BCUT2D eigenvalue weighted by molar-refractivity contribution is 1.26. The second-order valence-electron chi connectivity index (χ2n) is 6.98. The van der Waals surface area contributed by atoms with Gasteiger partial charge in [-0.2, -0.15) is 0 Å². The number of hydrogen-bond donors (Lipinski definition) is 0. The Morgan fingerprint density at radius 1 is 0.294 bits per heavy atom. The first-order valence-corrected chi connectivity index (χ1v) is 13.2. The highest BCUT2D eigenvalue weighted by molar-refractivity contribution is 5.77. The van der Waals surface area contributed by atoms with Gasteiger partial charge in [0.1, 0.15) is 0 Å². The van der Waals surface area contributed by atoms with Gasteiger partial charge in [0.2, 0.25) is 0 Å². The smallest absolute Gasteiger partial charge is 0.00135 e. The number of rotatable bonds is 0. The summed E-state index contributed by atoms with van der Waals surface area (Å²) in [6.45, 7) is 16.0. The predicted molar refractivity (Wildman–Crippen MR) is 155 cm³/mol. The second-order valence-corrected chi connectivity index (χ2v) is 6.98. The van der Waals surface area contributed by atoms with Crippen molar-refractivity contribution in [2.24, 2.45) is 0 Å². The summed E-state index contributed by atoms with van der Waals surface area (Å²) in [7, 11) is 0. The van der Waals surface area contributed by atoms with Crippen LogP contribution in [0.5, 0.6) is 0 Å². The molecule has 0 saturated heterocycles. The van der Waals surface area contributed by atoms with Gasteiger partial charge in [-0.05, 0) is 57.3 Å². The predicted octanol–water partition coefficient (Wildman–Crippen LogP) is 10.6. The topological polar surface area (TPSA) is 0 Å². The Balaban J connectivity index is 0.000000264. The van der Waals surface area contributed by atoms with Crippen LogP contribution in [0.15, 0.2) is 97.1 Å². The Morgan fingerprint density at radius 2 is 0.471 bits per heavy atom. The molecule has 180 valence electrons. The van der Waals surface area contributed by atoms with Gasteiger partial charge in [0.15, 0.2) is 0 Å². The summed E-state index contributed by atoms with van der Waals surface area (Å²) in [5.74, 6) is 0. The summed E-state index contributed by atoms with van der Waals surface area (Å²) in [4.78, 5) is 0. The Bertz CT molecular complexity index is 912. The van der Waals surface area contributed by atoms with Crippen LogP contribution in [-0.4, -0.2) is 0 Å². The lowest BCUT2D eigenvalue weighted by atomic mass is 10.1. The molecule has 4 aromatic rings. The van der Waals surface area contributed by atoms with Crippen molar-refractivity contribution in [2.75, 3.05) is 0 Å². The van der Waals surface area contributed by atoms with E-state index in [1.807, 2.05) is 55.4 Å². The van der Waals surface area contributed by atoms with Crippen molar-refractivity contribution in [3.63, 3.8) is 0 Å². The molecule has 2 aliphatic rings. The fraction of sp³-hybridized carbons (Fsp3) is 0.294. The van der Waals surface area contributed by atoms with Gasteiger partial charge in [0.05, 0.1) is 0 Å². The van der Waals surface area contributed by atoms with Gasteiger partial charge in [-0.15, -0.1) is 0 Å². The molecule has 0 N–H and O–H groups in total. The number of benzene rings is 4. The zero-order valence-corrected chi connectivity index (χ0v) is 22.7. The third kappa shape index (κ3) is 6.94. The van der Waals surface area contributed by atoms with E-state index in [1.165, 1.54) is 44.5 Å². The number of fused-ring (bicyclic) bond motifs is 6. The van der Waals surface area contributed by atoms with Crippen molar-refractivity contribution in [3.05, 3.63) is 119 Å². The minimum atomic E-state index is 1.10. The normalized spacial score (nSPS) is 10.1. The molecule has 0 unspecified atom stereocenters. The summed E-state index contributed by atoms with van der Waals surface area (Å²) in [6.07, 6.45) is 2.21. The first-order chi connectivity index (χ1) is 16.9. The fourth-order valence-electron chi connectivity index (χ4n) is 4.16. The largest absolute Gasteiger partial charge is 0.0683 e. The molecule has 0 nitrogen and oxygen atoms in total. The van der Waals surface area contributed by atoms with Crippen LogP contribution in [0.1, 0.15) is 77.6 Å². The highest BCUT2D eigenvalue weighted by atomic mass is 14.2. The van der Waals surface area contributed by atoms with Crippen LogP contribution < -0.4 is 0 Å². The number of hydrogen-bond acceptors (Lipinski definition) is 0. The van der Waals surface area contributed by atoms with E-state index in [1.54, 1.807) is 0 Å². The van der Waals surface area contributed by atoms with E-state index >= 15 is 0 Å². The molecule has 0 bridgehead atoms. The molecule has 0 heterocycles. The van der Waals surface area contributed by atoms with Gasteiger partial charge < -0.3 is 0 Å². The molecule has 0 saturated carbocycles. The van der Waals surface area contributed by atoms with E-state index in [-0.39, 0.29) is 0 Å². The van der Waals surface area contributed by atoms with Crippen molar-refractivity contribution in [2.45, 2.75) is 68.2 Å². The van der Waals surface area contributed by atoms with Crippen LogP contribution in [0.2, 0.25) is 0 Å². The molecule has 0 aliphatic heterocycles. The zero-order valence-electron chi connectivity index (χ0n) is 22.7. The third-order valence-electron chi connectivity index (χ3n) is 5.41. The minimum absolute atomic E-state index is 1.10. The molecule has 0 fully saturated rings. The maximum atomic E-state index is 2.22. The molecular weight excluding hydrogens is 408 g/mol. The van der Waals surface area contributed by atoms with Crippen molar-refractivity contribution < 1.29 is 0 Å². The molecule has 2 aliphatic carbocycles. The van der Waals surface area contributed by atoms with E-state index < -0.39 is 0 Å². The van der Waals surface area contributed by atoms with Crippen molar-refractivity contribution in [1.82, 2.24) is 0 Å². The van der Waals surface area contributed by atoms with E-state index in [2.05, 4.69) is 97.1 Å². The van der Waals surface area contributed by atoms with Gasteiger partial charge in [0.25, 0.3) is 0 Å². The van der Waals surface area contributed by atoms with Crippen LogP contribution >= 0.6 is 0 Å². The molecule has 6 rings (SSSR count). The first-order valence-electron chi connectivity index (χ1n) is 13.2. The standard InChI is InChI=1S/2C13H10.4C2H6/c2*1-3-7-12-10(5-1)9-11-6-2-4-8-13(11)12;4*1-2/h2*1-8H,9H2;4*1-2H3. The second kappa shape index (κ2) is 16.5. The molecule has 0 radical (unpaired) electrons. The Morgan fingerprint density at radius 3 is 0.676 bits per heavy atom. The van der Waals surface area contributed by atoms with Crippen molar-refractivity contribution >= 4 is 0 Å². The van der Waals surface area contributed by atoms with E-state index in [0.29, 0.717) is 0 Å². The maximum absolute atomic E-state index is 2.22. The van der Waals surface area contributed by atoms with Crippen molar-refractivity contribution in [3.8, 4) is 22.3 Å². The maximum Gasteiger partial charge on any atom is -0.00135 e.